The van der Waals surface area contributed by atoms with Crippen LogP contribution in [-0.4, -0.2) is 22.2 Å². The van der Waals surface area contributed by atoms with Gasteiger partial charge in [0.2, 0.25) is 5.41 Å². The molecule has 0 spiro atoms. The third-order valence-corrected chi connectivity index (χ3v) is 3.06. The SMILES string of the molecule is O=C(O)C(C(=O)O)(c1ccccc1)c1ccccc1.[H-].[Na+]. The molecule has 2 aromatic carbocycles. The molecular formula is C15H13NaO4. The molecule has 0 bridgehead atoms. The van der Waals surface area contributed by atoms with E-state index in [9.17, 15) is 19.8 Å². The summed E-state index contributed by atoms with van der Waals surface area (Å²) in [6.45, 7) is 0. The van der Waals surface area contributed by atoms with Crippen LogP contribution in [0.3, 0.4) is 0 Å². The van der Waals surface area contributed by atoms with Crippen LogP contribution in [0.1, 0.15) is 12.6 Å². The second-order valence-electron chi connectivity index (χ2n) is 4.09. The molecule has 4 nitrogen and oxygen atoms in total. The van der Waals surface area contributed by atoms with Crippen LogP contribution in [0.4, 0.5) is 0 Å². The number of aliphatic carboxylic acids is 2. The Morgan fingerprint density at radius 3 is 1.30 bits per heavy atom. The summed E-state index contributed by atoms with van der Waals surface area (Å²) in [6.07, 6.45) is 0. The molecule has 5 heteroatoms. The maximum absolute atomic E-state index is 11.7. The summed E-state index contributed by atoms with van der Waals surface area (Å²) in [5.41, 5.74) is -1.63. The number of hydrogen-bond acceptors (Lipinski definition) is 2. The number of hydrogen-bond donors (Lipinski definition) is 2. The van der Waals surface area contributed by atoms with Crippen molar-refractivity contribution in [2.45, 2.75) is 5.41 Å². The molecule has 20 heavy (non-hydrogen) atoms. The first kappa shape index (κ1) is 16.4. The number of carboxylic acids is 2. The number of carboxylic acid groups (broad SMARTS) is 2. The van der Waals surface area contributed by atoms with E-state index < -0.39 is 17.4 Å². The maximum atomic E-state index is 11.7. The first-order valence-electron chi connectivity index (χ1n) is 5.68. The van der Waals surface area contributed by atoms with Gasteiger partial charge in [-0.15, -0.1) is 0 Å². The molecule has 0 saturated heterocycles. The monoisotopic (exact) mass is 280 g/mol. The molecule has 0 radical (unpaired) electrons. The van der Waals surface area contributed by atoms with Gasteiger partial charge in [0, 0.05) is 0 Å². The third kappa shape index (κ3) is 2.63. The Labute approximate surface area is 139 Å². The second kappa shape index (κ2) is 6.70. The molecule has 2 N–H and O–H groups in total. The van der Waals surface area contributed by atoms with Crippen molar-refractivity contribution in [2.75, 3.05) is 0 Å². The molecule has 0 unspecified atom stereocenters. The molecular weight excluding hydrogens is 267 g/mol. The van der Waals surface area contributed by atoms with E-state index in [0.29, 0.717) is 0 Å². The van der Waals surface area contributed by atoms with Gasteiger partial charge in [0.15, 0.2) is 0 Å². The Morgan fingerprint density at radius 1 is 0.750 bits per heavy atom. The molecule has 2 aromatic rings. The molecule has 0 fully saturated rings. The van der Waals surface area contributed by atoms with E-state index >= 15 is 0 Å². The average molecular weight is 280 g/mol. The summed E-state index contributed by atoms with van der Waals surface area (Å²) < 4.78 is 0. The van der Waals surface area contributed by atoms with Gasteiger partial charge in [0.25, 0.3) is 0 Å². The van der Waals surface area contributed by atoms with Crippen LogP contribution in [0.15, 0.2) is 60.7 Å². The third-order valence-electron chi connectivity index (χ3n) is 3.06. The Morgan fingerprint density at radius 2 is 1.05 bits per heavy atom. The molecule has 0 heterocycles. The van der Waals surface area contributed by atoms with E-state index in [-0.39, 0.29) is 42.1 Å². The van der Waals surface area contributed by atoms with E-state index in [2.05, 4.69) is 0 Å². The van der Waals surface area contributed by atoms with Gasteiger partial charge >= 0.3 is 41.5 Å². The Hall–Kier alpha value is -1.62. The van der Waals surface area contributed by atoms with Crippen molar-refractivity contribution in [3.05, 3.63) is 71.8 Å². The summed E-state index contributed by atoms with van der Waals surface area (Å²) in [4.78, 5) is 23.4. The molecule has 0 aliphatic carbocycles. The van der Waals surface area contributed by atoms with Crippen LogP contribution >= 0.6 is 0 Å². The Bertz CT molecular complexity index is 546. The summed E-state index contributed by atoms with van der Waals surface area (Å²) >= 11 is 0. The smallest absolute Gasteiger partial charge is 1.00 e. The van der Waals surface area contributed by atoms with Gasteiger partial charge < -0.3 is 11.6 Å². The van der Waals surface area contributed by atoms with Crippen LogP contribution in [0.25, 0.3) is 0 Å². The number of benzene rings is 2. The van der Waals surface area contributed by atoms with Crippen molar-refractivity contribution in [1.29, 1.82) is 0 Å². The standard InChI is InChI=1S/C15H12O4.Na.H/c16-13(17)15(14(18)19,11-7-3-1-4-8-11)12-9-5-2-6-10-12;;/h1-10H,(H,16,17)(H,18,19);;/q;+1;-1. The van der Waals surface area contributed by atoms with Crippen molar-refractivity contribution < 1.29 is 50.8 Å². The van der Waals surface area contributed by atoms with E-state index in [0.717, 1.165) is 0 Å². The van der Waals surface area contributed by atoms with Crippen LogP contribution in [0.5, 0.6) is 0 Å². The normalized spacial score (nSPS) is 10.4. The van der Waals surface area contributed by atoms with Gasteiger partial charge in [-0.05, 0) is 11.1 Å². The Kier molecular flexibility index (Phi) is 5.51. The largest absolute Gasteiger partial charge is 1.00 e. The predicted molar refractivity (Wildman–Crippen MR) is 70.0 cm³/mol. The van der Waals surface area contributed by atoms with E-state index in [1.165, 1.54) is 24.3 Å². The van der Waals surface area contributed by atoms with Crippen LogP contribution in [-0.2, 0) is 15.0 Å². The van der Waals surface area contributed by atoms with Crippen LogP contribution in [0.2, 0.25) is 0 Å². The first-order chi connectivity index (χ1) is 9.10. The van der Waals surface area contributed by atoms with Gasteiger partial charge in [-0.1, -0.05) is 60.7 Å². The zero-order valence-corrected chi connectivity index (χ0v) is 13.0. The minimum atomic E-state index is -2.08. The number of carbonyl (C=O) groups is 2. The quantitative estimate of drug-likeness (QED) is 0.571. The molecule has 98 valence electrons. The summed E-state index contributed by atoms with van der Waals surface area (Å²) in [7, 11) is 0. The van der Waals surface area contributed by atoms with Crippen molar-refractivity contribution in [2.24, 2.45) is 0 Å². The summed E-state index contributed by atoms with van der Waals surface area (Å²) in [5, 5.41) is 19.0. The van der Waals surface area contributed by atoms with Gasteiger partial charge in [-0.2, -0.15) is 0 Å². The topological polar surface area (TPSA) is 74.6 Å². The van der Waals surface area contributed by atoms with E-state index in [1.807, 2.05) is 0 Å². The van der Waals surface area contributed by atoms with Crippen LogP contribution < -0.4 is 29.6 Å². The molecule has 0 atom stereocenters. The summed E-state index contributed by atoms with van der Waals surface area (Å²) in [5.74, 6) is -2.81. The van der Waals surface area contributed by atoms with Gasteiger partial charge in [0.05, 0.1) is 0 Å². The minimum absolute atomic E-state index is 0. The van der Waals surface area contributed by atoms with Gasteiger partial charge in [0.1, 0.15) is 0 Å². The predicted octanol–water partition coefficient (Wildman–Crippen LogP) is -0.742. The van der Waals surface area contributed by atoms with E-state index in [4.69, 9.17) is 0 Å². The maximum Gasteiger partial charge on any atom is 1.00 e. The van der Waals surface area contributed by atoms with Crippen molar-refractivity contribution in [3.63, 3.8) is 0 Å². The zero-order chi connectivity index (χ0) is 13.9. The average Bonchev–Trinajstić information content (AvgIpc) is 2.41. The summed E-state index contributed by atoms with van der Waals surface area (Å²) in [6, 6.07) is 16.0. The fraction of sp³-hybridized carbons (Fsp3) is 0.0667. The van der Waals surface area contributed by atoms with Crippen molar-refractivity contribution in [1.82, 2.24) is 0 Å². The zero-order valence-electron chi connectivity index (χ0n) is 12.0. The molecule has 2 rings (SSSR count). The minimum Gasteiger partial charge on any atom is -1.00 e. The van der Waals surface area contributed by atoms with Gasteiger partial charge in [-0.3, -0.25) is 9.59 Å². The Balaban J connectivity index is 0.00000200. The van der Waals surface area contributed by atoms with Crippen molar-refractivity contribution in [3.8, 4) is 0 Å². The molecule has 0 amide bonds. The van der Waals surface area contributed by atoms with Crippen LogP contribution in [0, 0.1) is 0 Å². The molecule has 0 aromatic heterocycles. The molecule has 0 saturated carbocycles. The number of rotatable bonds is 4. The fourth-order valence-corrected chi connectivity index (χ4v) is 2.13. The van der Waals surface area contributed by atoms with Gasteiger partial charge in [-0.25, -0.2) is 0 Å². The second-order valence-corrected chi connectivity index (χ2v) is 4.09. The fourth-order valence-electron chi connectivity index (χ4n) is 2.13. The van der Waals surface area contributed by atoms with Crippen molar-refractivity contribution >= 4 is 11.9 Å². The first-order valence-corrected chi connectivity index (χ1v) is 5.68. The van der Waals surface area contributed by atoms with E-state index in [1.54, 1.807) is 36.4 Å². The molecule has 0 aliphatic heterocycles. The molecule has 0 aliphatic rings.